The van der Waals surface area contributed by atoms with E-state index in [0.717, 1.165) is 18.6 Å². The van der Waals surface area contributed by atoms with Gasteiger partial charge in [-0.3, -0.25) is 4.79 Å². The molecule has 3 nitrogen and oxygen atoms in total. The molecule has 0 aliphatic heterocycles. The lowest BCUT2D eigenvalue weighted by Crippen LogP contribution is -2.33. The smallest absolute Gasteiger partial charge is 0.224 e. The van der Waals surface area contributed by atoms with Crippen LogP contribution in [-0.2, 0) is 4.79 Å². The fourth-order valence-corrected chi connectivity index (χ4v) is 2.42. The highest BCUT2D eigenvalue weighted by Crippen LogP contribution is 2.47. The minimum atomic E-state index is 0.129. The first-order valence-corrected chi connectivity index (χ1v) is 7.06. The number of nitrogens with one attached hydrogen (secondary N) is 1. The standard InChI is InChI=1S/C15H23NO2/c1-3-4-5-7-11(2)16-15(17)13-10-12(13)14-8-6-9-18-14/h6,8-9,11-13H,3-5,7,10H2,1-2H3,(H,16,17). The highest BCUT2D eigenvalue weighted by Gasteiger charge is 2.45. The highest BCUT2D eigenvalue weighted by molar-refractivity contribution is 5.82. The van der Waals surface area contributed by atoms with E-state index in [-0.39, 0.29) is 11.8 Å². The number of carbonyl (C=O) groups is 1. The molecule has 1 aromatic heterocycles. The molecule has 0 spiro atoms. The lowest BCUT2D eigenvalue weighted by Gasteiger charge is -2.13. The van der Waals surface area contributed by atoms with Gasteiger partial charge in [0.25, 0.3) is 0 Å². The molecule has 0 aromatic carbocycles. The van der Waals surface area contributed by atoms with Crippen LogP contribution in [0.3, 0.4) is 0 Å². The van der Waals surface area contributed by atoms with Crippen LogP contribution in [0.5, 0.6) is 0 Å². The monoisotopic (exact) mass is 249 g/mol. The van der Waals surface area contributed by atoms with Gasteiger partial charge in [0.1, 0.15) is 5.76 Å². The number of amides is 1. The SMILES string of the molecule is CCCCCC(C)NC(=O)C1CC1c1ccco1. The predicted octanol–water partition coefficient (Wildman–Crippen LogP) is 3.47. The average molecular weight is 249 g/mol. The van der Waals surface area contributed by atoms with Crippen LogP contribution in [-0.4, -0.2) is 11.9 Å². The molecule has 3 unspecified atom stereocenters. The third-order valence-electron chi connectivity index (χ3n) is 3.67. The van der Waals surface area contributed by atoms with Gasteiger partial charge in [0.15, 0.2) is 0 Å². The lowest BCUT2D eigenvalue weighted by molar-refractivity contribution is -0.123. The molecular weight excluding hydrogens is 226 g/mol. The summed E-state index contributed by atoms with van der Waals surface area (Å²) >= 11 is 0. The summed E-state index contributed by atoms with van der Waals surface area (Å²) in [5.74, 6) is 1.59. The van der Waals surface area contributed by atoms with Crippen LogP contribution in [0.25, 0.3) is 0 Å². The Hall–Kier alpha value is -1.25. The van der Waals surface area contributed by atoms with Gasteiger partial charge >= 0.3 is 0 Å². The van der Waals surface area contributed by atoms with Gasteiger partial charge in [0.05, 0.1) is 6.26 Å². The maximum absolute atomic E-state index is 12.0. The predicted molar refractivity (Wildman–Crippen MR) is 71.3 cm³/mol. The maximum atomic E-state index is 12.0. The Kier molecular flexibility index (Phi) is 4.45. The summed E-state index contributed by atoms with van der Waals surface area (Å²) < 4.78 is 5.34. The second-order valence-corrected chi connectivity index (χ2v) is 5.37. The first kappa shape index (κ1) is 13.2. The van der Waals surface area contributed by atoms with E-state index in [9.17, 15) is 4.79 Å². The van der Waals surface area contributed by atoms with Crippen molar-refractivity contribution in [3.63, 3.8) is 0 Å². The van der Waals surface area contributed by atoms with Crippen molar-refractivity contribution in [2.24, 2.45) is 5.92 Å². The van der Waals surface area contributed by atoms with Crippen LogP contribution in [0, 0.1) is 5.92 Å². The highest BCUT2D eigenvalue weighted by atomic mass is 16.3. The van der Waals surface area contributed by atoms with Crippen molar-refractivity contribution < 1.29 is 9.21 Å². The summed E-state index contributed by atoms with van der Waals surface area (Å²) in [5, 5.41) is 3.11. The number of furan rings is 1. The second-order valence-electron chi connectivity index (χ2n) is 5.37. The quantitative estimate of drug-likeness (QED) is 0.752. The summed E-state index contributed by atoms with van der Waals surface area (Å²) in [6.07, 6.45) is 7.36. The molecule has 1 amide bonds. The number of rotatable bonds is 7. The molecule has 1 aliphatic rings. The molecule has 0 saturated heterocycles. The van der Waals surface area contributed by atoms with Crippen LogP contribution in [0.2, 0.25) is 0 Å². The van der Waals surface area contributed by atoms with E-state index < -0.39 is 0 Å². The zero-order valence-electron chi connectivity index (χ0n) is 11.3. The molecule has 1 saturated carbocycles. The van der Waals surface area contributed by atoms with Gasteiger partial charge in [-0.15, -0.1) is 0 Å². The Bertz CT molecular complexity index is 372. The molecule has 18 heavy (non-hydrogen) atoms. The summed E-state index contributed by atoms with van der Waals surface area (Å²) in [6, 6.07) is 4.14. The summed E-state index contributed by atoms with van der Waals surface area (Å²) in [5.41, 5.74) is 0. The molecule has 100 valence electrons. The summed E-state index contributed by atoms with van der Waals surface area (Å²) in [4.78, 5) is 12.0. The Morgan fingerprint density at radius 1 is 1.56 bits per heavy atom. The van der Waals surface area contributed by atoms with Gasteiger partial charge in [-0.2, -0.15) is 0 Å². The fraction of sp³-hybridized carbons (Fsp3) is 0.667. The zero-order valence-corrected chi connectivity index (χ0v) is 11.3. The molecule has 1 aromatic rings. The molecule has 1 fully saturated rings. The van der Waals surface area contributed by atoms with Crippen LogP contribution >= 0.6 is 0 Å². The van der Waals surface area contributed by atoms with Crippen molar-refractivity contribution in [1.82, 2.24) is 5.32 Å². The van der Waals surface area contributed by atoms with Crippen molar-refractivity contribution in [3.05, 3.63) is 24.2 Å². The third-order valence-corrected chi connectivity index (χ3v) is 3.67. The van der Waals surface area contributed by atoms with Crippen molar-refractivity contribution in [1.29, 1.82) is 0 Å². The van der Waals surface area contributed by atoms with Crippen LogP contribution in [0.1, 0.15) is 57.6 Å². The Labute approximate surface area is 109 Å². The molecular formula is C15H23NO2. The fourth-order valence-electron chi connectivity index (χ4n) is 2.42. The van der Waals surface area contributed by atoms with E-state index in [1.165, 1.54) is 19.3 Å². The zero-order chi connectivity index (χ0) is 13.0. The minimum absolute atomic E-state index is 0.129. The van der Waals surface area contributed by atoms with Crippen molar-refractivity contribution in [3.8, 4) is 0 Å². The summed E-state index contributed by atoms with van der Waals surface area (Å²) in [7, 11) is 0. The molecule has 1 aliphatic carbocycles. The van der Waals surface area contributed by atoms with E-state index in [1.54, 1.807) is 6.26 Å². The first-order valence-electron chi connectivity index (χ1n) is 7.06. The molecule has 2 rings (SSSR count). The Balaban J connectivity index is 1.70. The van der Waals surface area contributed by atoms with Gasteiger partial charge in [-0.25, -0.2) is 0 Å². The number of hydrogen-bond donors (Lipinski definition) is 1. The van der Waals surface area contributed by atoms with E-state index >= 15 is 0 Å². The summed E-state index contributed by atoms with van der Waals surface area (Å²) in [6.45, 7) is 4.29. The number of unbranched alkanes of at least 4 members (excludes halogenated alkanes) is 2. The van der Waals surface area contributed by atoms with Gasteiger partial charge in [-0.1, -0.05) is 26.2 Å². The van der Waals surface area contributed by atoms with E-state index in [2.05, 4.69) is 19.2 Å². The largest absolute Gasteiger partial charge is 0.469 e. The molecule has 1 N–H and O–H groups in total. The molecule has 3 heteroatoms. The lowest BCUT2D eigenvalue weighted by atomic mass is 10.1. The maximum Gasteiger partial charge on any atom is 0.224 e. The average Bonchev–Trinajstić information content (AvgIpc) is 2.96. The molecule has 3 atom stereocenters. The first-order chi connectivity index (χ1) is 8.72. The van der Waals surface area contributed by atoms with Gasteiger partial charge in [0.2, 0.25) is 5.91 Å². The molecule has 0 radical (unpaired) electrons. The topological polar surface area (TPSA) is 42.2 Å². The van der Waals surface area contributed by atoms with E-state index in [0.29, 0.717) is 12.0 Å². The van der Waals surface area contributed by atoms with E-state index in [1.807, 2.05) is 12.1 Å². The van der Waals surface area contributed by atoms with Crippen LogP contribution < -0.4 is 5.32 Å². The molecule has 1 heterocycles. The Morgan fingerprint density at radius 2 is 2.39 bits per heavy atom. The second kappa shape index (κ2) is 6.07. The molecule has 0 bridgehead atoms. The van der Waals surface area contributed by atoms with Crippen molar-refractivity contribution >= 4 is 5.91 Å². The normalized spacial score (nSPS) is 23.7. The van der Waals surface area contributed by atoms with Gasteiger partial charge in [-0.05, 0) is 31.9 Å². The van der Waals surface area contributed by atoms with Crippen LogP contribution in [0.15, 0.2) is 22.8 Å². The van der Waals surface area contributed by atoms with E-state index in [4.69, 9.17) is 4.42 Å². The van der Waals surface area contributed by atoms with Gasteiger partial charge in [0, 0.05) is 17.9 Å². The number of hydrogen-bond acceptors (Lipinski definition) is 2. The van der Waals surface area contributed by atoms with Crippen LogP contribution in [0.4, 0.5) is 0 Å². The van der Waals surface area contributed by atoms with Crippen molar-refractivity contribution in [2.75, 3.05) is 0 Å². The number of carbonyl (C=O) groups excluding carboxylic acids is 1. The third kappa shape index (κ3) is 3.37. The Morgan fingerprint density at radius 3 is 3.06 bits per heavy atom. The van der Waals surface area contributed by atoms with Crippen molar-refractivity contribution in [2.45, 2.75) is 57.9 Å². The minimum Gasteiger partial charge on any atom is -0.469 e. The van der Waals surface area contributed by atoms with Gasteiger partial charge < -0.3 is 9.73 Å².